The van der Waals surface area contributed by atoms with Gasteiger partial charge in [-0.25, -0.2) is 4.39 Å². The molecule has 4 aromatic rings. The number of benzene rings is 3. The lowest BCUT2D eigenvalue weighted by Crippen LogP contribution is -2.26. The minimum atomic E-state index is -0.250. The van der Waals surface area contributed by atoms with E-state index < -0.39 is 0 Å². The molecule has 5 rings (SSSR count). The molecular weight excluding hydrogens is 447 g/mol. The molecule has 1 heterocycles. The van der Waals surface area contributed by atoms with E-state index in [2.05, 4.69) is 27.6 Å². The Bertz CT molecular complexity index is 1270. The Morgan fingerprint density at radius 1 is 1.03 bits per heavy atom. The summed E-state index contributed by atoms with van der Waals surface area (Å²) in [4.78, 5) is 12.8. The van der Waals surface area contributed by atoms with Crippen molar-refractivity contribution >= 4 is 17.7 Å². The topological polar surface area (TPSA) is 59.8 Å². The molecule has 5 nitrogen and oxygen atoms in total. The molecule has 0 radical (unpaired) electrons. The van der Waals surface area contributed by atoms with Crippen LogP contribution in [0.4, 0.5) is 4.39 Å². The zero-order valence-electron chi connectivity index (χ0n) is 18.8. The average molecular weight is 473 g/mol. The van der Waals surface area contributed by atoms with E-state index in [4.69, 9.17) is 0 Å². The first-order valence-corrected chi connectivity index (χ1v) is 12.3. The number of nitrogens with zero attached hydrogens (tertiary/aromatic N) is 3. The van der Waals surface area contributed by atoms with Crippen molar-refractivity contribution in [1.82, 2.24) is 20.1 Å². The predicted octanol–water partition coefficient (Wildman–Crippen LogP) is 5.43. The number of hydrogen-bond donors (Lipinski definition) is 1. The van der Waals surface area contributed by atoms with Crippen molar-refractivity contribution in [1.29, 1.82) is 0 Å². The van der Waals surface area contributed by atoms with Crippen LogP contribution in [0.3, 0.4) is 0 Å². The van der Waals surface area contributed by atoms with Crippen LogP contribution in [0.5, 0.6) is 0 Å². The summed E-state index contributed by atoms with van der Waals surface area (Å²) in [6.07, 6.45) is 0.874. The third-order valence-corrected chi connectivity index (χ3v) is 7.05. The van der Waals surface area contributed by atoms with Crippen molar-refractivity contribution in [2.45, 2.75) is 36.7 Å². The Balaban J connectivity index is 1.30. The molecule has 2 atom stereocenters. The van der Waals surface area contributed by atoms with Crippen LogP contribution in [0.15, 0.2) is 84.0 Å². The van der Waals surface area contributed by atoms with Gasteiger partial charge in [-0.15, -0.1) is 10.2 Å². The third kappa shape index (κ3) is 5.04. The minimum Gasteiger partial charge on any atom is -0.349 e. The second kappa shape index (κ2) is 9.81. The maximum absolute atomic E-state index is 13.2. The molecule has 1 fully saturated rings. The predicted molar refractivity (Wildman–Crippen MR) is 131 cm³/mol. The zero-order chi connectivity index (χ0) is 23.5. The van der Waals surface area contributed by atoms with Crippen LogP contribution in [0.1, 0.15) is 34.9 Å². The number of aryl methyl sites for hydroxylation is 1. The van der Waals surface area contributed by atoms with Gasteiger partial charge in [0.25, 0.3) is 0 Å². The number of hydrogen-bond acceptors (Lipinski definition) is 4. The smallest absolute Gasteiger partial charge is 0.224 e. The van der Waals surface area contributed by atoms with Gasteiger partial charge in [0.15, 0.2) is 11.0 Å². The van der Waals surface area contributed by atoms with Crippen LogP contribution >= 0.6 is 11.8 Å². The average Bonchev–Trinajstić information content (AvgIpc) is 3.57. The molecule has 7 heteroatoms. The Labute approximate surface area is 202 Å². The number of halogens is 1. The number of nitrogens with one attached hydrogen (secondary N) is 1. The Hall–Kier alpha value is -3.45. The van der Waals surface area contributed by atoms with E-state index in [-0.39, 0.29) is 23.6 Å². The molecule has 1 amide bonds. The number of carbonyl (C=O) groups excluding carboxylic acids is 1. The van der Waals surface area contributed by atoms with E-state index in [1.165, 1.54) is 29.5 Å². The second-order valence-electron chi connectivity index (χ2n) is 8.56. The van der Waals surface area contributed by atoms with Crippen LogP contribution in [-0.4, -0.2) is 20.7 Å². The van der Waals surface area contributed by atoms with Gasteiger partial charge in [-0.2, -0.15) is 0 Å². The summed E-state index contributed by atoms with van der Waals surface area (Å²) in [7, 11) is 0. The van der Waals surface area contributed by atoms with E-state index in [0.29, 0.717) is 18.1 Å². The summed E-state index contributed by atoms with van der Waals surface area (Å²) in [5.41, 5.74) is 4.31. The van der Waals surface area contributed by atoms with Gasteiger partial charge in [-0.3, -0.25) is 9.36 Å². The monoisotopic (exact) mass is 472 g/mol. The normalized spacial score (nSPS) is 16.9. The van der Waals surface area contributed by atoms with Crippen molar-refractivity contribution in [2.75, 3.05) is 0 Å². The van der Waals surface area contributed by atoms with Gasteiger partial charge < -0.3 is 5.32 Å². The van der Waals surface area contributed by atoms with E-state index in [1.807, 2.05) is 54.0 Å². The van der Waals surface area contributed by atoms with Crippen molar-refractivity contribution in [3.8, 4) is 5.69 Å². The lowest BCUT2D eigenvalue weighted by molar-refractivity contribution is -0.122. The molecule has 172 valence electrons. The molecule has 34 heavy (non-hydrogen) atoms. The van der Waals surface area contributed by atoms with Crippen LogP contribution in [0.25, 0.3) is 5.69 Å². The van der Waals surface area contributed by atoms with Crippen LogP contribution in [0, 0.1) is 18.7 Å². The summed E-state index contributed by atoms with van der Waals surface area (Å²) in [5, 5.41) is 12.6. The molecule has 2 unspecified atom stereocenters. The van der Waals surface area contributed by atoms with Crippen LogP contribution in [-0.2, 0) is 17.1 Å². The van der Waals surface area contributed by atoms with E-state index >= 15 is 0 Å². The number of thioether (sulfide) groups is 1. The first-order chi connectivity index (χ1) is 16.6. The quantitative estimate of drug-likeness (QED) is 0.348. The van der Waals surface area contributed by atoms with Gasteiger partial charge in [0.2, 0.25) is 5.91 Å². The van der Waals surface area contributed by atoms with Gasteiger partial charge in [-0.1, -0.05) is 71.9 Å². The standard InChI is InChI=1S/C27H25FN4OS/c1-18-7-13-22(14-8-18)32-25(30-31-27(32)34-17-19-9-11-21(28)12-10-19)16-29-26(33)24-15-23(24)20-5-3-2-4-6-20/h2-14,23-24H,15-17H2,1H3,(H,29,33). The van der Waals surface area contributed by atoms with Crippen molar-refractivity contribution < 1.29 is 9.18 Å². The Kier molecular flexibility index (Phi) is 6.45. The van der Waals surface area contributed by atoms with Crippen LogP contribution < -0.4 is 5.32 Å². The molecule has 1 N–H and O–H groups in total. The molecule has 1 aliphatic carbocycles. The summed E-state index contributed by atoms with van der Waals surface area (Å²) >= 11 is 1.53. The lowest BCUT2D eigenvalue weighted by atomic mass is 10.1. The fraction of sp³-hybridized carbons (Fsp3) is 0.222. The van der Waals surface area contributed by atoms with Gasteiger partial charge in [0.1, 0.15) is 5.82 Å². The summed E-state index contributed by atoms with van der Waals surface area (Å²) < 4.78 is 15.2. The molecule has 0 saturated heterocycles. The molecular formula is C27H25FN4OS. The summed E-state index contributed by atoms with van der Waals surface area (Å²) in [6.45, 7) is 2.34. The molecule has 1 aliphatic rings. The molecule has 3 aromatic carbocycles. The second-order valence-corrected chi connectivity index (χ2v) is 9.50. The number of carbonyl (C=O) groups is 1. The zero-order valence-corrected chi connectivity index (χ0v) is 19.6. The maximum atomic E-state index is 13.2. The van der Waals surface area contributed by atoms with Crippen molar-refractivity contribution in [2.24, 2.45) is 5.92 Å². The highest BCUT2D eigenvalue weighted by atomic mass is 32.2. The fourth-order valence-electron chi connectivity index (χ4n) is 4.04. The van der Waals surface area contributed by atoms with E-state index in [0.717, 1.165) is 28.4 Å². The van der Waals surface area contributed by atoms with Gasteiger partial charge in [-0.05, 0) is 54.7 Å². The highest BCUT2D eigenvalue weighted by Gasteiger charge is 2.43. The van der Waals surface area contributed by atoms with Crippen molar-refractivity contribution in [3.63, 3.8) is 0 Å². The SMILES string of the molecule is Cc1ccc(-n2c(CNC(=O)C3CC3c3ccccc3)nnc2SCc2ccc(F)cc2)cc1. The van der Waals surface area contributed by atoms with Gasteiger partial charge in [0, 0.05) is 17.4 Å². The van der Waals surface area contributed by atoms with E-state index in [1.54, 1.807) is 12.1 Å². The Morgan fingerprint density at radius 3 is 2.50 bits per heavy atom. The number of rotatable bonds is 8. The largest absolute Gasteiger partial charge is 0.349 e. The number of amides is 1. The fourth-order valence-corrected chi connectivity index (χ4v) is 4.97. The lowest BCUT2D eigenvalue weighted by Gasteiger charge is -2.11. The highest BCUT2D eigenvalue weighted by Crippen LogP contribution is 2.47. The third-order valence-electron chi connectivity index (χ3n) is 6.05. The molecule has 1 aromatic heterocycles. The molecule has 0 bridgehead atoms. The highest BCUT2D eigenvalue weighted by molar-refractivity contribution is 7.98. The molecule has 1 saturated carbocycles. The minimum absolute atomic E-state index is 0.00506. The van der Waals surface area contributed by atoms with E-state index in [9.17, 15) is 9.18 Å². The molecule has 0 aliphatic heterocycles. The maximum Gasteiger partial charge on any atom is 0.224 e. The Morgan fingerprint density at radius 2 is 1.76 bits per heavy atom. The first kappa shape index (κ1) is 22.3. The van der Waals surface area contributed by atoms with Gasteiger partial charge in [0.05, 0.1) is 6.54 Å². The number of aromatic nitrogens is 3. The van der Waals surface area contributed by atoms with Crippen LogP contribution in [0.2, 0.25) is 0 Å². The summed E-state index contributed by atoms with van der Waals surface area (Å²) in [6, 6.07) is 24.8. The summed E-state index contributed by atoms with van der Waals surface area (Å²) in [5.74, 6) is 1.41. The molecule has 0 spiro atoms. The van der Waals surface area contributed by atoms with Crippen molar-refractivity contribution in [3.05, 3.63) is 107 Å². The van der Waals surface area contributed by atoms with Gasteiger partial charge >= 0.3 is 0 Å². The first-order valence-electron chi connectivity index (χ1n) is 11.3.